The number of hydrogen-bond donors (Lipinski definition) is 2. The molecular weight excluding hydrogens is 240 g/mol. The van der Waals surface area contributed by atoms with E-state index in [9.17, 15) is 4.79 Å². The standard InChI is InChI=1S/C15H14N2O2/c1-11-9-13(10-19-11)15(18)17-14-6-4-12(5-7-14)3-2-8-16/h4-7,9-10H,8,16H2,1H3,(H,17,18). The first-order valence-electron chi connectivity index (χ1n) is 5.84. The number of nitrogens with two attached hydrogens (primary N) is 1. The van der Waals surface area contributed by atoms with Gasteiger partial charge in [0, 0.05) is 11.3 Å². The van der Waals surface area contributed by atoms with Crippen LogP contribution in [-0.2, 0) is 0 Å². The summed E-state index contributed by atoms with van der Waals surface area (Å²) in [5, 5.41) is 2.78. The molecule has 1 heterocycles. The second-order valence-corrected chi connectivity index (χ2v) is 3.98. The van der Waals surface area contributed by atoms with Crippen LogP contribution in [0.25, 0.3) is 0 Å². The van der Waals surface area contributed by atoms with Crippen LogP contribution in [0.4, 0.5) is 5.69 Å². The largest absolute Gasteiger partial charge is 0.469 e. The van der Waals surface area contributed by atoms with Crippen LogP contribution in [0.5, 0.6) is 0 Å². The first-order valence-corrected chi connectivity index (χ1v) is 5.84. The van der Waals surface area contributed by atoms with E-state index in [0.717, 1.165) is 5.56 Å². The number of hydrogen-bond acceptors (Lipinski definition) is 3. The zero-order valence-corrected chi connectivity index (χ0v) is 10.6. The lowest BCUT2D eigenvalue weighted by molar-refractivity contribution is 0.102. The molecule has 0 saturated carbocycles. The Balaban J connectivity index is 2.05. The molecule has 3 N–H and O–H groups in total. The molecule has 2 aromatic rings. The summed E-state index contributed by atoms with van der Waals surface area (Å²) in [7, 11) is 0. The molecule has 0 radical (unpaired) electrons. The summed E-state index contributed by atoms with van der Waals surface area (Å²) in [5.41, 5.74) is 7.38. The number of amides is 1. The maximum atomic E-state index is 11.9. The minimum Gasteiger partial charge on any atom is -0.469 e. The van der Waals surface area contributed by atoms with E-state index in [1.165, 1.54) is 6.26 Å². The number of carbonyl (C=O) groups excluding carboxylic acids is 1. The number of carbonyl (C=O) groups is 1. The van der Waals surface area contributed by atoms with Gasteiger partial charge in [-0.1, -0.05) is 11.8 Å². The Bertz CT molecular complexity index is 630. The normalized spacial score (nSPS) is 9.58. The van der Waals surface area contributed by atoms with Crippen LogP contribution >= 0.6 is 0 Å². The summed E-state index contributed by atoms with van der Waals surface area (Å²) < 4.78 is 5.10. The van der Waals surface area contributed by atoms with Crippen molar-refractivity contribution in [3.8, 4) is 11.8 Å². The zero-order chi connectivity index (χ0) is 13.7. The quantitative estimate of drug-likeness (QED) is 0.807. The van der Waals surface area contributed by atoms with Crippen LogP contribution in [-0.4, -0.2) is 12.5 Å². The van der Waals surface area contributed by atoms with Crippen LogP contribution in [0, 0.1) is 18.8 Å². The van der Waals surface area contributed by atoms with Crippen LogP contribution in [0.15, 0.2) is 41.0 Å². The van der Waals surface area contributed by atoms with Crippen molar-refractivity contribution in [2.45, 2.75) is 6.92 Å². The number of benzene rings is 1. The summed E-state index contributed by atoms with van der Waals surface area (Å²) in [4.78, 5) is 11.9. The van der Waals surface area contributed by atoms with Gasteiger partial charge in [0.25, 0.3) is 5.91 Å². The maximum absolute atomic E-state index is 11.9. The van der Waals surface area contributed by atoms with E-state index in [0.29, 0.717) is 23.6 Å². The second-order valence-electron chi connectivity index (χ2n) is 3.98. The van der Waals surface area contributed by atoms with Crippen LogP contribution in [0.3, 0.4) is 0 Å². The van der Waals surface area contributed by atoms with Gasteiger partial charge in [0.15, 0.2) is 0 Å². The van der Waals surface area contributed by atoms with Gasteiger partial charge < -0.3 is 15.5 Å². The van der Waals surface area contributed by atoms with Gasteiger partial charge in [-0.15, -0.1) is 0 Å². The van der Waals surface area contributed by atoms with E-state index in [2.05, 4.69) is 17.2 Å². The van der Waals surface area contributed by atoms with Gasteiger partial charge >= 0.3 is 0 Å². The van der Waals surface area contributed by atoms with E-state index in [1.807, 2.05) is 12.1 Å². The van der Waals surface area contributed by atoms with E-state index in [1.54, 1.807) is 25.1 Å². The average Bonchev–Trinajstić information content (AvgIpc) is 2.85. The molecule has 0 aliphatic rings. The van der Waals surface area contributed by atoms with Crippen molar-refractivity contribution in [1.82, 2.24) is 0 Å². The third-order valence-electron chi connectivity index (χ3n) is 2.47. The van der Waals surface area contributed by atoms with Crippen LogP contribution < -0.4 is 11.1 Å². The molecule has 4 nitrogen and oxygen atoms in total. The topological polar surface area (TPSA) is 68.3 Å². The highest BCUT2D eigenvalue weighted by Gasteiger charge is 2.08. The van der Waals surface area contributed by atoms with Gasteiger partial charge in [0.05, 0.1) is 12.1 Å². The van der Waals surface area contributed by atoms with Crippen molar-refractivity contribution in [3.05, 3.63) is 53.5 Å². The molecule has 0 spiro atoms. The summed E-state index contributed by atoms with van der Waals surface area (Å²) >= 11 is 0. The van der Waals surface area contributed by atoms with E-state index >= 15 is 0 Å². The number of aryl methyl sites for hydroxylation is 1. The van der Waals surface area contributed by atoms with Crippen molar-refractivity contribution in [2.24, 2.45) is 5.73 Å². The molecule has 0 unspecified atom stereocenters. The number of rotatable bonds is 2. The Morgan fingerprint density at radius 3 is 2.68 bits per heavy atom. The number of furan rings is 1. The fourth-order valence-electron chi connectivity index (χ4n) is 1.56. The molecule has 19 heavy (non-hydrogen) atoms. The molecule has 2 rings (SSSR count). The van der Waals surface area contributed by atoms with Gasteiger partial charge in [-0.25, -0.2) is 0 Å². The predicted molar refractivity (Wildman–Crippen MR) is 73.8 cm³/mol. The van der Waals surface area contributed by atoms with Gasteiger partial charge in [-0.2, -0.15) is 0 Å². The summed E-state index contributed by atoms with van der Waals surface area (Å²) in [5.74, 6) is 6.20. The SMILES string of the molecule is Cc1cc(C(=O)Nc2ccc(C#CCN)cc2)co1. The molecule has 1 amide bonds. The highest BCUT2D eigenvalue weighted by molar-refractivity contribution is 6.04. The summed E-state index contributed by atoms with van der Waals surface area (Å²) in [6.07, 6.45) is 1.44. The first kappa shape index (κ1) is 12.9. The number of nitrogens with one attached hydrogen (secondary N) is 1. The minimum absolute atomic E-state index is 0.197. The van der Waals surface area contributed by atoms with Crippen molar-refractivity contribution in [3.63, 3.8) is 0 Å². The van der Waals surface area contributed by atoms with E-state index < -0.39 is 0 Å². The molecular formula is C15H14N2O2. The Hall–Kier alpha value is -2.51. The van der Waals surface area contributed by atoms with Gasteiger partial charge in [-0.3, -0.25) is 4.79 Å². The zero-order valence-electron chi connectivity index (χ0n) is 10.6. The molecule has 0 bridgehead atoms. The third kappa shape index (κ3) is 3.47. The lowest BCUT2D eigenvalue weighted by Gasteiger charge is -2.03. The predicted octanol–water partition coefficient (Wildman–Crippen LogP) is 2.15. The van der Waals surface area contributed by atoms with Crippen molar-refractivity contribution >= 4 is 11.6 Å². The highest BCUT2D eigenvalue weighted by atomic mass is 16.3. The molecule has 0 fully saturated rings. The van der Waals surface area contributed by atoms with Crippen LogP contribution in [0.2, 0.25) is 0 Å². The summed E-state index contributed by atoms with van der Waals surface area (Å²) in [6, 6.07) is 8.95. The fraction of sp³-hybridized carbons (Fsp3) is 0.133. The Labute approximate surface area is 111 Å². The van der Waals surface area contributed by atoms with Gasteiger partial charge in [0.2, 0.25) is 0 Å². The molecule has 96 valence electrons. The smallest absolute Gasteiger partial charge is 0.258 e. The molecule has 4 heteroatoms. The third-order valence-corrected chi connectivity index (χ3v) is 2.47. The second kappa shape index (κ2) is 5.89. The Morgan fingerprint density at radius 2 is 2.11 bits per heavy atom. The lowest BCUT2D eigenvalue weighted by atomic mass is 10.2. The maximum Gasteiger partial charge on any atom is 0.258 e. The lowest BCUT2D eigenvalue weighted by Crippen LogP contribution is -2.10. The molecule has 0 saturated heterocycles. The van der Waals surface area contributed by atoms with Crippen LogP contribution in [0.1, 0.15) is 21.7 Å². The van der Waals surface area contributed by atoms with Crippen molar-refractivity contribution < 1.29 is 9.21 Å². The van der Waals surface area contributed by atoms with Gasteiger partial charge in [-0.05, 0) is 37.3 Å². The number of anilines is 1. The van der Waals surface area contributed by atoms with Gasteiger partial charge in [0.1, 0.15) is 12.0 Å². The van der Waals surface area contributed by atoms with Crippen molar-refractivity contribution in [1.29, 1.82) is 0 Å². The minimum atomic E-state index is -0.197. The molecule has 1 aromatic heterocycles. The molecule has 0 atom stereocenters. The fourth-order valence-corrected chi connectivity index (χ4v) is 1.56. The molecule has 0 aliphatic carbocycles. The monoisotopic (exact) mass is 254 g/mol. The molecule has 1 aromatic carbocycles. The first-order chi connectivity index (χ1) is 9.19. The average molecular weight is 254 g/mol. The van der Waals surface area contributed by atoms with E-state index in [-0.39, 0.29) is 5.91 Å². The van der Waals surface area contributed by atoms with Crippen molar-refractivity contribution in [2.75, 3.05) is 11.9 Å². The van der Waals surface area contributed by atoms with E-state index in [4.69, 9.17) is 10.2 Å². The Morgan fingerprint density at radius 1 is 1.37 bits per heavy atom. The Kier molecular flexibility index (Phi) is 4.01. The summed E-state index contributed by atoms with van der Waals surface area (Å²) in [6.45, 7) is 2.13. The molecule has 0 aliphatic heterocycles. The highest BCUT2D eigenvalue weighted by Crippen LogP contribution is 2.12.